The molecule has 1 aromatic rings. The zero-order valence-corrected chi connectivity index (χ0v) is 19.0. The van der Waals surface area contributed by atoms with Gasteiger partial charge in [0.05, 0.1) is 4.90 Å². The summed E-state index contributed by atoms with van der Waals surface area (Å²) < 4.78 is 28.4. The predicted molar refractivity (Wildman–Crippen MR) is 119 cm³/mol. The van der Waals surface area contributed by atoms with Crippen molar-refractivity contribution in [3.8, 4) is 0 Å². The molecule has 6 nitrogen and oxygen atoms in total. The highest BCUT2D eigenvalue weighted by Gasteiger charge is 2.26. The minimum absolute atomic E-state index is 0. The summed E-state index contributed by atoms with van der Waals surface area (Å²) in [6.45, 7) is 5.65. The van der Waals surface area contributed by atoms with E-state index in [4.69, 9.17) is 0 Å². The SMILES string of the molecule is Cc1cc(S(=O)(=O)NC(C)C2CCNCC2)ccc1NC(=O)C1CCCCC1.Cl. The van der Waals surface area contributed by atoms with Crippen LogP contribution in [0.1, 0.15) is 57.4 Å². The van der Waals surface area contributed by atoms with Crippen LogP contribution in [0.2, 0.25) is 0 Å². The number of halogens is 1. The van der Waals surface area contributed by atoms with Gasteiger partial charge in [0.25, 0.3) is 0 Å². The van der Waals surface area contributed by atoms with Crippen molar-refractivity contribution in [2.45, 2.75) is 69.7 Å². The minimum atomic E-state index is -3.58. The van der Waals surface area contributed by atoms with Crippen LogP contribution in [0.5, 0.6) is 0 Å². The number of nitrogens with one attached hydrogen (secondary N) is 3. The summed E-state index contributed by atoms with van der Waals surface area (Å²) in [4.78, 5) is 12.7. The van der Waals surface area contributed by atoms with Gasteiger partial charge in [-0.1, -0.05) is 19.3 Å². The van der Waals surface area contributed by atoms with Crippen molar-refractivity contribution in [2.75, 3.05) is 18.4 Å². The third-order valence-corrected chi connectivity index (χ3v) is 7.73. The third-order valence-electron chi connectivity index (χ3n) is 6.17. The molecule has 29 heavy (non-hydrogen) atoms. The fraction of sp³-hybridized carbons (Fsp3) is 0.667. The molecule has 2 aliphatic rings. The fourth-order valence-corrected chi connectivity index (χ4v) is 5.69. The number of amides is 1. The zero-order chi connectivity index (χ0) is 20.1. The standard InChI is InChI=1S/C21H33N3O3S.ClH/c1-15-14-19(28(26,27)24-16(2)17-10-12-22-13-11-17)8-9-20(15)23-21(25)18-6-4-3-5-7-18;/h8-9,14,16-18,22,24H,3-7,10-13H2,1-2H3,(H,23,25);1H. The van der Waals surface area contributed by atoms with Crippen LogP contribution in [0.25, 0.3) is 0 Å². The Kier molecular flexibility index (Phi) is 8.94. The first-order chi connectivity index (χ1) is 13.4. The molecular weight excluding hydrogens is 410 g/mol. The molecule has 0 bridgehead atoms. The molecule has 3 N–H and O–H groups in total. The number of aryl methyl sites for hydroxylation is 1. The first-order valence-electron chi connectivity index (χ1n) is 10.5. The molecule has 1 saturated carbocycles. The molecule has 2 fully saturated rings. The molecule has 0 aromatic heterocycles. The van der Waals surface area contributed by atoms with Crippen molar-refractivity contribution in [1.29, 1.82) is 0 Å². The van der Waals surface area contributed by atoms with Gasteiger partial charge >= 0.3 is 0 Å². The van der Waals surface area contributed by atoms with Crippen LogP contribution in [0.15, 0.2) is 23.1 Å². The Bertz CT molecular complexity index is 788. The van der Waals surface area contributed by atoms with E-state index >= 15 is 0 Å². The lowest BCUT2D eigenvalue weighted by Crippen LogP contribution is -2.42. The van der Waals surface area contributed by atoms with Crippen molar-refractivity contribution >= 4 is 34.0 Å². The Balaban J connectivity index is 0.00000300. The molecule has 1 heterocycles. The molecule has 1 aliphatic carbocycles. The number of anilines is 1. The molecule has 164 valence electrons. The summed E-state index contributed by atoms with van der Waals surface area (Å²) in [7, 11) is -3.58. The van der Waals surface area contributed by atoms with Gasteiger partial charge in [-0.25, -0.2) is 13.1 Å². The summed E-state index contributed by atoms with van der Waals surface area (Å²) >= 11 is 0. The number of hydrogen-bond acceptors (Lipinski definition) is 4. The molecule has 1 saturated heterocycles. The van der Waals surface area contributed by atoms with E-state index in [0.29, 0.717) is 11.6 Å². The predicted octanol–water partition coefficient (Wildman–Crippen LogP) is 3.60. The largest absolute Gasteiger partial charge is 0.326 e. The van der Waals surface area contributed by atoms with Gasteiger partial charge in [-0.05, 0) is 82.3 Å². The van der Waals surface area contributed by atoms with Gasteiger partial charge in [-0.2, -0.15) is 0 Å². The summed E-state index contributed by atoms with van der Waals surface area (Å²) in [5, 5.41) is 6.30. The van der Waals surface area contributed by atoms with Crippen LogP contribution < -0.4 is 15.4 Å². The molecular formula is C21H34ClN3O3S. The van der Waals surface area contributed by atoms with E-state index in [1.165, 1.54) is 6.42 Å². The second kappa shape index (κ2) is 10.8. The number of benzene rings is 1. The molecule has 0 spiro atoms. The lowest BCUT2D eigenvalue weighted by atomic mass is 9.88. The summed E-state index contributed by atoms with van der Waals surface area (Å²) in [6, 6.07) is 4.84. The second-order valence-electron chi connectivity index (χ2n) is 8.30. The number of carbonyl (C=O) groups excluding carboxylic acids is 1. The number of piperidine rings is 1. The van der Waals surface area contributed by atoms with Crippen molar-refractivity contribution < 1.29 is 13.2 Å². The molecule has 1 atom stereocenters. The maximum absolute atomic E-state index is 12.8. The van der Waals surface area contributed by atoms with E-state index in [-0.39, 0.29) is 35.2 Å². The van der Waals surface area contributed by atoms with E-state index < -0.39 is 10.0 Å². The Morgan fingerprint density at radius 3 is 2.38 bits per heavy atom. The fourth-order valence-electron chi connectivity index (χ4n) is 4.30. The molecule has 3 rings (SSSR count). The normalized spacial score (nSPS) is 19.9. The maximum atomic E-state index is 12.8. The van der Waals surface area contributed by atoms with Gasteiger partial charge in [0.2, 0.25) is 15.9 Å². The van der Waals surface area contributed by atoms with E-state index in [2.05, 4.69) is 15.4 Å². The quantitative estimate of drug-likeness (QED) is 0.626. The first-order valence-corrected chi connectivity index (χ1v) is 12.0. The average Bonchev–Trinajstić information content (AvgIpc) is 2.70. The monoisotopic (exact) mass is 443 g/mol. The number of sulfonamides is 1. The van der Waals surface area contributed by atoms with Crippen LogP contribution in [0, 0.1) is 18.8 Å². The van der Waals surface area contributed by atoms with Gasteiger partial charge in [0.15, 0.2) is 0 Å². The minimum Gasteiger partial charge on any atom is -0.326 e. The highest BCUT2D eigenvalue weighted by atomic mass is 35.5. The summed E-state index contributed by atoms with van der Waals surface area (Å²) in [5.41, 5.74) is 1.46. The van der Waals surface area contributed by atoms with Crippen LogP contribution in [-0.2, 0) is 14.8 Å². The van der Waals surface area contributed by atoms with Gasteiger partial charge < -0.3 is 10.6 Å². The molecule has 1 amide bonds. The first kappa shape index (κ1) is 24.1. The average molecular weight is 444 g/mol. The van der Waals surface area contributed by atoms with Crippen LogP contribution in [0.3, 0.4) is 0 Å². The zero-order valence-electron chi connectivity index (χ0n) is 17.4. The molecule has 0 radical (unpaired) electrons. The Labute approximate surface area is 181 Å². The van der Waals surface area contributed by atoms with Gasteiger partial charge in [0.1, 0.15) is 0 Å². The smallest absolute Gasteiger partial charge is 0.240 e. The third kappa shape index (κ3) is 6.41. The highest BCUT2D eigenvalue weighted by Crippen LogP contribution is 2.27. The highest BCUT2D eigenvalue weighted by molar-refractivity contribution is 7.89. The van der Waals surface area contributed by atoms with Crippen molar-refractivity contribution in [1.82, 2.24) is 10.0 Å². The summed E-state index contributed by atoms with van der Waals surface area (Å²) in [6.07, 6.45) is 7.26. The molecule has 1 aliphatic heterocycles. The number of carbonyl (C=O) groups is 1. The van der Waals surface area contributed by atoms with Crippen molar-refractivity contribution in [3.63, 3.8) is 0 Å². The van der Waals surface area contributed by atoms with Crippen LogP contribution >= 0.6 is 12.4 Å². The van der Waals surface area contributed by atoms with E-state index in [9.17, 15) is 13.2 Å². The molecule has 1 unspecified atom stereocenters. The van der Waals surface area contributed by atoms with Gasteiger partial charge in [0, 0.05) is 17.6 Å². The van der Waals surface area contributed by atoms with E-state index in [0.717, 1.165) is 57.2 Å². The second-order valence-corrected chi connectivity index (χ2v) is 10.0. The van der Waals surface area contributed by atoms with Gasteiger partial charge in [-0.15, -0.1) is 12.4 Å². The molecule has 8 heteroatoms. The maximum Gasteiger partial charge on any atom is 0.240 e. The van der Waals surface area contributed by atoms with Crippen molar-refractivity contribution in [3.05, 3.63) is 23.8 Å². The summed E-state index contributed by atoms with van der Waals surface area (Å²) in [5.74, 6) is 0.478. The van der Waals surface area contributed by atoms with E-state index in [1.54, 1.807) is 18.2 Å². The van der Waals surface area contributed by atoms with Gasteiger partial charge in [-0.3, -0.25) is 4.79 Å². The lowest BCUT2D eigenvalue weighted by Gasteiger charge is -2.28. The molecule has 1 aromatic carbocycles. The van der Waals surface area contributed by atoms with E-state index in [1.807, 2.05) is 13.8 Å². The number of rotatable bonds is 6. The topological polar surface area (TPSA) is 87.3 Å². The van der Waals surface area contributed by atoms with Crippen LogP contribution in [-0.4, -0.2) is 33.5 Å². The Morgan fingerprint density at radius 2 is 1.76 bits per heavy atom. The van der Waals surface area contributed by atoms with Crippen LogP contribution in [0.4, 0.5) is 5.69 Å². The van der Waals surface area contributed by atoms with Crippen molar-refractivity contribution in [2.24, 2.45) is 11.8 Å². The Morgan fingerprint density at radius 1 is 1.10 bits per heavy atom. The Hall–Kier alpha value is -1.15. The lowest BCUT2D eigenvalue weighted by molar-refractivity contribution is -0.120. The number of hydrogen-bond donors (Lipinski definition) is 3.